The van der Waals surface area contributed by atoms with Crippen LogP contribution in [0.3, 0.4) is 0 Å². The molecule has 4 saturated carbocycles. The number of rotatable bonds is 4. The number of hydrogen-bond donors (Lipinski definition) is 1. The Labute approximate surface area is 198 Å². The number of halogens is 3. The Hall–Kier alpha value is 0.540. The van der Waals surface area contributed by atoms with Crippen molar-refractivity contribution in [2.45, 2.75) is 86.1 Å². The van der Waals surface area contributed by atoms with Crippen LogP contribution in [0.5, 0.6) is 0 Å². The first-order valence-corrected chi connectivity index (χ1v) is 13.6. The van der Waals surface area contributed by atoms with Crippen molar-refractivity contribution in [2.75, 3.05) is 5.33 Å². The molecule has 4 nitrogen and oxygen atoms in total. The van der Waals surface area contributed by atoms with E-state index in [0.717, 1.165) is 44.9 Å². The number of fused-ring (bicyclic) bond motifs is 5. The molecule has 29 heavy (non-hydrogen) atoms. The SMILES string of the molecule is C[C@]12CC[C@H]3[C@@H](C[C@@H](Br)[C@@]4(Br)C[C@@H](OC=O)CC[C@]34C)[C@@H]1CC[C@]2(O)C(=O)CBr. The maximum Gasteiger partial charge on any atom is 0.293 e. The van der Waals surface area contributed by atoms with Gasteiger partial charge in [0.2, 0.25) is 0 Å². The van der Waals surface area contributed by atoms with Gasteiger partial charge in [-0.1, -0.05) is 61.6 Å². The summed E-state index contributed by atoms with van der Waals surface area (Å²) >= 11 is 11.5. The van der Waals surface area contributed by atoms with Gasteiger partial charge in [-0.25, -0.2) is 0 Å². The molecule has 0 aromatic rings. The summed E-state index contributed by atoms with van der Waals surface area (Å²) in [6.45, 7) is 5.17. The molecule has 164 valence electrons. The number of aliphatic hydroxyl groups is 1. The van der Waals surface area contributed by atoms with Crippen molar-refractivity contribution >= 4 is 60.0 Å². The zero-order valence-electron chi connectivity index (χ0n) is 17.1. The van der Waals surface area contributed by atoms with Gasteiger partial charge in [0.25, 0.3) is 6.47 Å². The molecule has 1 N–H and O–H groups in total. The van der Waals surface area contributed by atoms with Crippen LogP contribution in [-0.2, 0) is 14.3 Å². The van der Waals surface area contributed by atoms with Gasteiger partial charge in [-0.2, -0.15) is 0 Å². The minimum Gasteiger partial charge on any atom is -0.465 e. The minimum atomic E-state index is -1.20. The van der Waals surface area contributed by atoms with Crippen LogP contribution in [-0.4, -0.2) is 43.5 Å². The van der Waals surface area contributed by atoms with Gasteiger partial charge in [0.05, 0.1) is 5.33 Å². The molecule has 0 amide bonds. The Balaban J connectivity index is 1.67. The zero-order valence-corrected chi connectivity index (χ0v) is 21.9. The molecule has 4 rings (SSSR count). The lowest BCUT2D eigenvalue weighted by Gasteiger charge is -2.66. The van der Waals surface area contributed by atoms with Crippen LogP contribution in [0.25, 0.3) is 0 Å². The van der Waals surface area contributed by atoms with Crippen LogP contribution in [0, 0.1) is 28.6 Å². The van der Waals surface area contributed by atoms with Crippen LogP contribution in [0.1, 0.15) is 65.2 Å². The number of ketones is 1. The van der Waals surface area contributed by atoms with E-state index in [2.05, 4.69) is 61.6 Å². The number of ether oxygens (including phenoxy) is 1. The molecule has 4 aliphatic carbocycles. The summed E-state index contributed by atoms with van der Waals surface area (Å²) in [7, 11) is 0. The molecule has 7 heteroatoms. The van der Waals surface area contributed by atoms with Gasteiger partial charge < -0.3 is 9.84 Å². The van der Waals surface area contributed by atoms with E-state index in [1.807, 2.05) is 0 Å². The van der Waals surface area contributed by atoms with Crippen LogP contribution in [0.15, 0.2) is 0 Å². The smallest absolute Gasteiger partial charge is 0.293 e. The molecule has 0 aromatic carbocycles. The van der Waals surface area contributed by atoms with Crippen molar-refractivity contribution in [1.29, 1.82) is 0 Å². The fourth-order valence-corrected chi connectivity index (χ4v) is 10.6. The Morgan fingerprint density at radius 2 is 1.76 bits per heavy atom. The molecular formula is C22H31Br3O4. The second-order valence-electron chi connectivity index (χ2n) is 10.4. The third-order valence-corrected chi connectivity index (χ3v) is 13.7. The summed E-state index contributed by atoms with van der Waals surface area (Å²) < 4.78 is 5.26. The lowest BCUT2D eigenvalue weighted by Crippen LogP contribution is -2.65. The fourth-order valence-electron chi connectivity index (χ4n) is 7.93. The van der Waals surface area contributed by atoms with Crippen molar-refractivity contribution in [2.24, 2.45) is 28.6 Å². The fraction of sp³-hybridized carbons (Fsp3) is 0.909. The van der Waals surface area contributed by atoms with Crippen molar-refractivity contribution in [3.63, 3.8) is 0 Å². The first kappa shape index (κ1) is 22.7. The molecule has 0 unspecified atom stereocenters. The summed E-state index contributed by atoms with van der Waals surface area (Å²) in [5, 5.41) is 11.7. The quantitative estimate of drug-likeness (QED) is 0.359. The van der Waals surface area contributed by atoms with Gasteiger partial charge in [0, 0.05) is 21.0 Å². The van der Waals surface area contributed by atoms with Gasteiger partial charge in [-0.15, -0.1) is 0 Å². The topological polar surface area (TPSA) is 63.6 Å². The summed E-state index contributed by atoms with van der Waals surface area (Å²) in [6.07, 6.45) is 7.20. The number of Topliss-reactive ketones (excluding diaryl/α,β-unsaturated/α-hetero) is 1. The second kappa shape index (κ2) is 7.55. The summed E-state index contributed by atoms with van der Waals surface area (Å²) in [5.41, 5.74) is -1.45. The summed E-state index contributed by atoms with van der Waals surface area (Å²) in [6, 6.07) is 0. The highest BCUT2D eigenvalue weighted by Crippen LogP contribution is 2.71. The van der Waals surface area contributed by atoms with E-state index in [9.17, 15) is 14.7 Å². The molecule has 0 saturated heterocycles. The van der Waals surface area contributed by atoms with Gasteiger partial charge >= 0.3 is 0 Å². The van der Waals surface area contributed by atoms with E-state index >= 15 is 0 Å². The van der Waals surface area contributed by atoms with E-state index in [0.29, 0.717) is 30.6 Å². The largest absolute Gasteiger partial charge is 0.465 e. The van der Waals surface area contributed by atoms with Gasteiger partial charge in [0.15, 0.2) is 5.78 Å². The summed E-state index contributed by atoms with van der Waals surface area (Å²) in [5.74, 6) is 1.36. The number of hydrogen-bond acceptors (Lipinski definition) is 4. The van der Waals surface area contributed by atoms with Crippen molar-refractivity contribution in [1.82, 2.24) is 0 Å². The second-order valence-corrected chi connectivity index (χ2v) is 13.5. The van der Waals surface area contributed by atoms with Crippen molar-refractivity contribution < 1.29 is 19.4 Å². The van der Waals surface area contributed by atoms with Crippen molar-refractivity contribution in [3.05, 3.63) is 0 Å². The zero-order chi connectivity index (χ0) is 21.2. The third kappa shape index (κ3) is 2.95. The van der Waals surface area contributed by atoms with E-state index in [-0.39, 0.29) is 37.2 Å². The lowest BCUT2D eigenvalue weighted by atomic mass is 9.44. The maximum absolute atomic E-state index is 12.7. The lowest BCUT2D eigenvalue weighted by molar-refractivity contribution is -0.167. The first-order valence-electron chi connectivity index (χ1n) is 10.8. The first-order chi connectivity index (χ1) is 13.6. The molecule has 0 aliphatic heterocycles. The molecule has 9 atom stereocenters. The van der Waals surface area contributed by atoms with Crippen LogP contribution in [0.2, 0.25) is 0 Å². The predicted octanol–water partition coefficient (Wildman–Crippen LogP) is 5.16. The molecule has 4 fully saturated rings. The van der Waals surface area contributed by atoms with Crippen LogP contribution >= 0.6 is 47.8 Å². The van der Waals surface area contributed by atoms with Gasteiger partial charge in [-0.3, -0.25) is 9.59 Å². The standard InChI is InChI=1S/C22H31Br3O4/c1-19-6-3-13(29-12-26)10-21(19,25)17(24)9-14-15(19)4-7-20(2)16(14)5-8-22(20,28)18(27)11-23/h12-17,28H,3-11H2,1-2H3/t13-,14+,15-,16-,17+,19+,20-,21-,22-/m0/s1. The molecule has 0 spiro atoms. The van der Waals surface area contributed by atoms with Crippen molar-refractivity contribution in [3.8, 4) is 0 Å². The van der Waals surface area contributed by atoms with Gasteiger partial charge in [0.1, 0.15) is 11.7 Å². The minimum absolute atomic E-state index is 0.0291. The number of carbonyl (C=O) groups excluding carboxylic acids is 2. The van der Waals surface area contributed by atoms with Crippen LogP contribution in [0.4, 0.5) is 0 Å². The Kier molecular flexibility index (Phi) is 5.92. The van der Waals surface area contributed by atoms with E-state index in [1.54, 1.807) is 0 Å². The van der Waals surface area contributed by atoms with E-state index in [1.165, 1.54) is 0 Å². The normalized spacial score (nSPS) is 54.1. The van der Waals surface area contributed by atoms with E-state index in [4.69, 9.17) is 4.74 Å². The molecule has 0 bridgehead atoms. The number of carbonyl (C=O) groups is 2. The Morgan fingerprint density at radius 1 is 1.14 bits per heavy atom. The Morgan fingerprint density at radius 3 is 2.41 bits per heavy atom. The average molecular weight is 599 g/mol. The molecule has 0 aromatic heterocycles. The molecule has 0 radical (unpaired) electrons. The third-order valence-electron chi connectivity index (χ3n) is 9.67. The van der Waals surface area contributed by atoms with Crippen LogP contribution < -0.4 is 0 Å². The predicted molar refractivity (Wildman–Crippen MR) is 123 cm³/mol. The highest BCUT2D eigenvalue weighted by Gasteiger charge is 2.70. The molecule has 4 aliphatic rings. The van der Waals surface area contributed by atoms with Gasteiger partial charge in [-0.05, 0) is 68.1 Å². The average Bonchev–Trinajstić information content (AvgIpc) is 2.96. The maximum atomic E-state index is 12.7. The highest BCUT2D eigenvalue weighted by atomic mass is 79.9. The summed E-state index contributed by atoms with van der Waals surface area (Å²) in [4.78, 5) is 23.9. The molecular weight excluding hydrogens is 568 g/mol. The molecule has 0 heterocycles. The highest BCUT2D eigenvalue weighted by molar-refractivity contribution is 9.12. The Bertz CT molecular complexity index is 704. The van der Waals surface area contributed by atoms with E-state index < -0.39 is 5.60 Å². The monoisotopic (exact) mass is 596 g/mol. The number of alkyl halides is 3.